The fourth-order valence-electron chi connectivity index (χ4n) is 3.35. The zero-order valence-electron chi connectivity index (χ0n) is 16.0. The van der Waals surface area contributed by atoms with E-state index in [2.05, 4.69) is 5.32 Å². The molecule has 2 aromatic carbocycles. The molecule has 0 unspecified atom stereocenters. The van der Waals surface area contributed by atoms with Crippen molar-refractivity contribution in [2.75, 3.05) is 4.90 Å². The summed E-state index contributed by atoms with van der Waals surface area (Å²) >= 11 is 11.1. The number of anilines is 1. The standard InChI is InChI=1S/C22H15ClN2O4S/c1-11-7-12(2)19-16(8-11)18(26)13(10-29-19)9-17-20(27)24-22(30)25(21(17)28)15-5-3-14(23)4-6-15/h3-10H,1-2H3,(H,24,27,30). The zero-order chi connectivity index (χ0) is 21.6. The van der Waals surface area contributed by atoms with Crippen LogP contribution in [0, 0.1) is 13.8 Å². The Bertz CT molecular complexity index is 1330. The van der Waals surface area contributed by atoms with Crippen LogP contribution in [-0.2, 0) is 9.59 Å². The molecule has 1 fully saturated rings. The first kappa shape index (κ1) is 20.0. The van der Waals surface area contributed by atoms with E-state index >= 15 is 0 Å². The number of benzene rings is 2. The minimum Gasteiger partial charge on any atom is -0.463 e. The van der Waals surface area contributed by atoms with Crippen LogP contribution in [0.1, 0.15) is 16.7 Å². The maximum Gasteiger partial charge on any atom is 0.270 e. The van der Waals surface area contributed by atoms with Crippen LogP contribution in [0.5, 0.6) is 0 Å². The summed E-state index contributed by atoms with van der Waals surface area (Å²) in [5, 5.41) is 3.31. The van der Waals surface area contributed by atoms with Gasteiger partial charge in [-0.2, -0.15) is 0 Å². The van der Waals surface area contributed by atoms with Gasteiger partial charge in [-0.1, -0.05) is 17.7 Å². The molecule has 150 valence electrons. The van der Waals surface area contributed by atoms with Crippen LogP contribution in [0.2, 0.25) is 5.02 Å². The molecular weight excluding hydrogens is 424 g/mol. The molecule has 0 atom stereocenters. The smallest absolute Gasteiger partial charge is 0.270 e. The zero-order valence-corrected chi connectivity index (χ0v) is 17.6. The minimum atomic E-state index is -0.685. The van der Waals surface area contributed by atoms with Gasteiger partial charge < -0.3 is 4.42 Å². The second kappa shape index (κ2) is 7.51. The highest BCUT2D eigenvalue weighted by Crippen LogP contribution is 2.24. The molecule has 2 heterocycles. The van der Waals surface area contributed by atoms with Crippen molar-refractivity contribution >= 4 is 63.5 Å². The number of carbonyl (C=O) groups is 2. The number of nitrogens with one attached hydrogen (secondary N) is 1. The molecular formula is C22H15ClN2O4S. The van der Waals surface area contributed by atoms with Gasteiger partial charge in [0.2, 0.25) is 0 Å². The molecule has 3 aromatic rings. The largest absolute Gasteiger partial charge is 0.463 e. The maximum absolute atomic E-state index is 13.1. The van der Waals surface area contributed by atoms with Gasteiger partial charge in [-0.3, -0.25) is 24.6 Å². The first-order valence-electron chi connectivity index (χ1n) is 8.96. The highest BCUT2D eigenvalue weighted by molar-refractivity contribution is 7.80. The molecule has 1 saturated heterocycles. The molecule has 0 radical (unpaired) electrons. The number of hydrogen-bond donors (Lipinski definition) is 1. The molecule has 1 aromatic heterocycles. The van der Waals surface area contributed by atoms with Crippen LogP contribution < -0.4 is 15.6 Å². The van der Waals surface area contributed by atoms with Crippen LogP contribution in [0.4, 0.5) is 5.69 Å². The fourth-order valence-corrected chi connectivity index (χ4v) is 3.76. The average molecular weight is 439 g/mol. The molecule has 8 heteroatoms. The summed E-state index contributed by atoms with van der Waals surface area (Å²) in [6.45, 7) is 3.72. The van der Waals surface area contributed by atoms with E-state index in [9.17, 15) is 14.4 Å². The number of thiocarbonyl (C=S) groups is 1. The minimum absolute atomic E-state index is 0.0544. The second-order valence-electron chi connectivity index (χ2n) is 6.91. The molecule has 0 aliphatic carbocycles. The Morgan fingerprint density at radius 1 is 1.10 bits per heavy atom. The predicted octanol–water partition coefficient (Wildman–Crippen LogP) is 3.89. The monoisotopic (exact) mass is 438 g/mol. The Morgan fingerprint density at radius 2 is 1.80 bits per heavy atom. The van der Waals surface area contributed by atoms with Gasteiger partial charge in [0.15, 0.2) is 10.5 Å². The normalized spacial score (nSPS) is 15.8. The van der Waals surface area contributed by atoms with Gasteiger partial charge in [0.25, 0.3) is 11.8 Å². The van der Waals surface area contributed by atoms with Crippen molar-refractivity contribution in [2.24, 2.45) is 0 Å². The van der Waals surface area contributed by atoms with E-state index in [0.717, 1.165) is 11.1 Å². The SMILES string of the molecule is Cc1cc(C)c2occ(C=C3C(=O)NC(=S)N(c4ccc(Cl)cc4)C3=O)c(=O)c2c1. The lowest BCUT2D eigenvalue weighted by Gasteiger charge is -2.28. The fraction of sp³-hybridized carbons (Fsp3) is 0.0909. The summed E-state index contributed by atoms with van der Waals surface area (Å²) in [6, 6.07) is 10.1. The molecule has 1 aliphatic rings. The number of carbonyl (C=O) groups excluding carboxylic acids is 2. The molecule has 1 aliphatic heterocycles. The van der Waals surface area contributed by atoms with Crippen molar-refractivity contribution in [1.82, 2.24) is 5.32 Å². The molecule has 4 rings (SSSR count). The third kappa shape index (κ3) is 3.42. The van der Waals surface area contributed by atoms with Crippen molar-refractivity contribution < 1.29 is 14.0 Å². The molecule has 1 N–H and O–H groups in total. The van der Waals surface area contributed by atoms with E-state index in [1.807, 2.05) is 19.9 Å². The van der Waals surface area contributed by atoms with Gasteiger partial charge in [-0.05, 0) is 73.6 Å². The number of fused-ring (bicyclic) bond motifs is 1. The third-order valence-electron chi connectivity index (χ3n) is 4.72. The van der Waals surface area contributed by atoms with E-state index in [1.165, 1.54) is 17.2 Å². The van der Waals surface area contributed by atoms with Gasteiger partial charge in [0.05, 0.1) is 16.6 Å². The lowest BCUT2D eigenvalue weighted by Crippen LogP contribution is -2.54. The average Bonchev–Trinajstić information content (AvgIpc) is 2.68. The summed E-state index contributed by atoms with van der Waals surface area (Å²) in [6.07, 6.45) is 2.48. The predicted molar refractivity (Wildman–Crippen MR) is 120 cm³/mol. The summed E-state index contributed by atoms with van der Waals surface area (Å²) in [4.78, 5) is 39.7. The Hall–Kier alpha value is -3.29. The van der Waals surface area contributed by atoms with Crippen molar-refractivity contribution in [2.45, 2.75) is 13.8 Å². The molecule has 0 spiro atoms. The third-order valence-corrected chi connectivity index (χ3v) is 5.25. The van der Waals surface area contributed by atoms with Crippen molar-refractivity contribution in [1.29, 1.82) is 0 Å². The van der Waals surface area contributed by atoms with Crippen LogP contribution >= 0.6 is 23.8 Å². The number of nitrogens with zero attached hydrogens (tertiary/aromatic N) is 1. The van der Waals surface area contributed by atoms with Crippen molar-refractivity contribution in [3.05, 3.63) is 80.2 Å². The summed E-state index contributed by atoms with van der Waals surface area (Å²) in [5.74, 6) is -1.33. The Morgan fingerprint density at radius 3 is 2.50 bits per heavy atom. The molecule has 30 heavy (non-hydrogen) atoms. The Labute approximate surface area is 181 Å². The highest BCUT2D eigenvalue weighted by atomic mass is 35.5. The lowest BCUT2D eigenvalue weighted by molar-refractivity contribution is -0.122. The summed E-state index contributed by atoms with van der Waals surface area (Å²) in [5.41, 5.74) is 2.18. The first-order valence-corrected chi connectivity index (χ1v) is 9.74. The summed E-state index contributed by atoms with van der Waals surface area (Å²) in [7, 11) is 0. The van der Waals surface area contributed by atoms with Crippen LogP contribution in [0.3, 0.4) is 0 Å². The number of aryl methyl sites for hydroxylation is 2. The van der Waals surface area contributed by atoms with Gasteiger partial charge in [-0.25, -0.2) is 0 Å². The molecule has 0 bridgehead atoms. The van der Waals surface area contributed by atoms with Crippen LogP contribution in [0.25, 0.3) is 17.0 Å². The second-order valence-corrected chi connectivity index (χ2v) is 7.74. The maximum atomic E-state index is 13.1. The van der Waals surface area contributed by atoms with E-state index in [1.54, 1.807) is 30.3 Å². The van der Waals surface area contributed by atoms with Crippen molar-refractivity contribution in [3.63, 3.8) is 0 Å². The van der Waals surface area contributed by atoms with Gasteiger partial charge in [-0.15, -0.1) is 0 Å². The quantitative estimate of drug-likeness (QED) is 0.373. The van der Waals surface area contributed by atoms with Crippen LogP contribution in [-0.4, -0.2) is 16.9 Å². The molecule has 2 amide bonds. The number of hydrogen-bond acceptors (Lipinski definition) is 5. The summed E-state index contributed by atoms with van der Waals surface area (Å²) < 4.78 is 5.63. The van der Waals surface area contributed by atoms with Gasteiger partial charge in [0.1, 0.15) is 17.4 Å². The number of rotatable bonds is 2. The highest BCUT2D eigenvalue weighted by Gasteiger charge is 2.34. The number of halogens is 1. The van der Waals surface area contributed by atoms with E-state index < -0.39 is 11.8 Å². The van der Waals surface area contributed by atoms with E-state index in [0.29, 0.717) is 21.7 Å². The molecule has 6 nitrogen and oxygen atoms in total. The lowest BCUT2D eigenvalue weighted by atomic mass is 10.0. The molecule has 0 saturated carbocycles. The van der Waals surface area contributed by atoms with Crippen molar-refractivity contribution in [3.8, 4) is 0 Å². The Balaban J connectivity index is 1.82. The number of amides is 2. The van der Waals surface area contributed by atoms with Gasteiger partial charge >= 0.3 is 0 Å². The van der Waals surface area contributed by atoms with E-state index in [4.69, 9.17) is 28.2 Å². The van der Waals surface area contributed by atoms with Crippen LogP contribution in [0.15, 0.2) is 57.4 Å². The van der Waals surface area contributed by atoms with E-state index in [-0.39, 0.29) is 21.7 Å². The Kier molecular flexibility index (Phi) is 5.01. The topological polar surface area (TPSA) is 79.6 Å². The first-order chi connectivity index (χ1) is 14.3. The van der Waals surface area contributed by atoms with Gasteiger partial charge in [0, 0.05) is 5.02 Å².